The number of rotatable bonds is 7. The maximum atomic E-state index is 12.2. The van der Waals surface area contributed by atoms with Crippen molar-refractivity contribution in [1.82, 2.24) is 4.31 Å². The number of ether oxygens (including phenoxy) is 2. The molecule has 0 bridgehead atoms. The zero-order valence-electron chi connectivity index (χ0n) is 15.9. The number of amides is 1. The van der Waals surface area contributed by atoms with Crippen LogP contribution in [-0.2, 0) is 24.3 Å². The summed E-state index contributed by atoms with van der Waals surface area (Å²) >= 11 is 0. The first kappa shape index (κ1) is 20.8. The van der Waals surface area contributed by atoms with Crippen molar-refractivity contribution in [1.29, 1.82) is 0 Å². The van der Waals surface area contributed by atoms with Crippen LogP contribution in [0.3, 0.4) is 0 Å². The molecule has 1 atom stereocenters. The molecule has 1 fully saturated rings. The van der Waals surface area contributed by atoms with Crippen molar-refractivity contribution in [2.45, 2.75) is 18.9 Å². The van der Waals surface area contributed by atoms with Crippen LogP contribution in [0.1, 0.15) is 12.8 Å². The third-order valence-electron chi connectivity index (χ3n) is 4.38. The number of hydrogen-bond acceptors (Lipinski definition) is 6. The molecule has 3 rings (SSSR count). The molecule has 0 saturated carbocycles. The minimum Gasteiger partial charge on any atom is -0.455 e. The van der Waals surface area contributed by atoms with Gasteiger partial charge in [0.05, 0.1) is 11.9 Å². The molecule has 8 nitrogen and oxygen atoms in total. The van der Waals surface area contributed by atoms with Gasteiger partial charge in [0, 0.05) is 6.54 Å². The number of anilines is 1. The van der Waals surface area contributed by atoms with Crippen LogP contribution in [0, 0.1) is 0 Å². The zero-order chi connectivity index (χ0) is 20.9. The SMILES string of the molecule is CS(=O)(=O)N1CCCC1C(=O)OCC(=O)Nc1ccccc1Oc1ccccc1. The molecule has 1 aliphatic heterocycles. The van der Waals surface area contributed by atoms with Crippen molar-refractivity contribution < 1.29 is 27.5 Å². The number of carbonyl (C=O) groups excluding carboxylic acids is 2. The van der Waals surface area contributed by atoms with Crippen LogP contribution in [0.25, 0.3) is 0 Å². The highest BCUT2D eigenvalue weighted by Crippen LogP contribution is 2.29. The Hall–Kier alpha value is -2.91. The van der Waals surface area contributed by atoms with E-state index in [1.165, 1.54) is 0 Å². The molecule has 1 saturated heterocycles. The van der Waals surface area contributed by atoms with E-state index >= 15 is 0 Å². The van der Waals surface area contributed by atoms with Crippen LogP contribution in [0.5, 0.6) is 11.5 Å². The summed E-state index contributed by atoms with van der Waals surface area (Å²) < 4.78 is 35.4. The van der Waals surface area contributed by atoms with Crippen LogP contribution in [0.15, 0.2) is 54.6 Å². The molecule has 1 aliphatic rings. The molecular weight excluding hydrogens is 396 g/mol. The van der Waals surface area contributed by atoms with Crippen molar-refractivity contribution >= 4 is 27.6 Å². The summed E-state index contributed by atoms with van der Waals surface area (Å²) in [6, 6.07) is 15.1. The first-order valence-electron chi connectivity index (χ1n) is 9.10. The molecule has 1 amide bonds. The van der Waals surface area contributed by atoms with Gasteiger partial charge in [-0.25, -0.2) is 8.42 Å². The average Bonchev–Trinajstić information content (AvgIpc) is 3.19. The fourth-order valence-electron chi connectivity index (χ4n) is 3.07. The highest BCUT2D eigenvalue weighted by molar-refractivity contribution is 7.88. The van der Waals surface area contributed by atoms with E-state index in [1.54, 1.807) is 36.4 Å². The number of esters is 1. The zero-order valence-corrected chi connectivity index (χ0v) is 16.7. The normalized spacial score (nSPS) is 16.9. The van der Waals surface area contributed by atoms with Gasteiger partial charge in [-0.15, -0.1) is 0 Å². The Morgan fingerprint density at radius 3 is 2.52 bits per heavy atom. The van der Waals surface area contributed by atoms with E-state index in [9.17, 15) is 18.0 Å². The molecule has 9 heteroatoms. The van der Waals surface area contributed by atoms with Gasteiger partial charge in [0.25, 0.3) is 5.91 Å². The number of hydrogen-bond donors (Lipinski definition) is 1. The average molecular weight is 418 g/mol. The summed E-state index contributed by atoms with van der Waals surface area (Å²) in [6.45, 7) is -0.248. The summed E-state index contributed by atoms with van der Waals surface area (Å²) in [5.74, 6) is -0.219. The molecule has 154 valence electrons. The van der Waals surface area contributed by atoms with E-state index in [4.69, 9.17) is 9.47 Å². The van der Waals surface area contributed by atoms with E-state index in [1.807, 2.05) is 18.2 Å². The third-order valence-corrected chi connectivity index (χ3v) is 5.67. The number of sulfonamides is 1. The maximum Gasteiger partial charge on any atom is 0.324 e. The minimum absolute atomic E-state index is 0.273. The van der Waals surface area contributed by atoms with Gasteiger partial charge in [0.1, 0.15) is 11.8 Å². The van der Waals surface area contributed by atoms with Crippen LogP contribution in [0.4, 0.5) is 5.69 Å². The summed E-state index contributed by atoms with van der Waals surface area (Å²) in [6.07, 6.45) is 2.00. The summed E-state index contributed by atoms with van der Waals surface area (Å²) in [4.78, 5) is 24.5. The molecule has 2 aromatic carbocycles. The third kappa shape index (κ3) is 5.55. The first-order chi connectivity index (χ1) is 13.8. The molecule has 2 aromatic rings. The molecule has 29 heavy (non-hydrogen) atoms. The van der Waals surface area contributed by atoms with Crippen molar-refractivity contribution in [2.24, 2.45) is 0 Å². The fourth-order valence-corrected chi connectivity index (χ4v) is 4.18. The minimum atomic E-state index is -3.50. The Bertz CT molecular complexity index is 977. The molecule has 1 unspecified atom stereocenters. The molecule has 0 radical (unpaired) electrons. The molecule has 0 spiro atoms. The summed E-state index contributed by atoms with van der Waals surface area (Å²) in [5.41, 5.74) is 0.427. The van der Waals surface area contributed by atoms with Crippen LogP contribution >= 0.6 is 0 Å². The second kappa shape index (κ2) is 9.06. The topological polar surface area (TPSA) is 102 Å². The lowest BCUT2D eigenvalue weighted by Gasteiger charge is -2.20. The van der Waals surface area contributed by atoms with Crippen LogP contribution in [-0.4, -0.2) is 50.0 Å². The lowest BCUT2D eigenvalue weighted by atomic mass is 10.2. The van der Waals surface area contributed by atoms with E-state index in [0.717, 1.165) is 10.6 Å². The van der Waals surface area contributed by atoms with E-state index in [0.29, 0.717) is 30.0 Å². The quantitative estimate of drug-likeness (QED) is 0.693. The smallest absolute Gasteiger partial charge is 0.324 e. The molecule has 1 heterocycles. The predicted molar refractivity (Wildman–Crippen MR) is 107 cm³/mol. The fraction of sp³-hybridized carbons (Fsp3) is 0.300. The number of nitrogens with zero attached hydrogens (tertiary/aromatic N) is 1. The molecular formula is C20H22N2O6S. The van der Waals surface area contributed by atoms with Gasteiger partial charge in [0.2, 0.25) is 10.0 Å². The second-order valence-corrected chi connectivity index (χ2v) is 8.53. The van der Waals surface area contributed by atoms with Gasteiger partial charge in [-0.2, -0.15) is 4.31 Å². The largest absolute Gasteiger partial charge is 0.455 e. The van der Waals surface area contributed by atoms with Gasteiger partial charge >= 0.3 is 5.97 Å². The summed E-state index contributed by atoms with van der Waals surface area (Å²) in [5, 5.41) is 2.65. The van der Waals surface area contributed by atoms with Crippen LogP contribution < -0.4 is 10.1 Å². The van der Waals surface area contributed by atoms with Gasteiger partial charge in [-0.1, -0.05) is 30.3 Å². The van der Waals surface area contributed by atoms with E-state index in [-0.39, 0.29) is 6.54 Å². The van der Waals surface area contributed by atoms with Crippen molar-refractivity contribution in [3.63, 3.8) is 0 Å². The van der Waals surface area contributed by atoms with Crippen molar-refractivity contribution in [3.05, 3.63) is 54.6 Å². The number of nitrogens with one attached hydrogen (secondary N) is 1. The van der Waals surface area contributed by atoms with E-state index < -0.39 is 34.5 Å². The monoisotopic (exact) mass is 418 g/mol. The van der Waals surface area contributed by atoms with Crippen molar-refractivity contribution in [2.75, 3.05) is 24.7 Å². The Morgan fingerprint density at radius 2 is 1.79 bits per heavy atom. The Labute approximate surface area is 169 Å². The predicted octanol–water partition coefficient (Wildman–Crippen LogP) is 2.38. The standard InChI is InChI=1S/C20H22N2O6S/c1-29(25,26)22-13-7-11-17(22)20(24)27-14-19(23)21-16-10-5-6-12-18(16)28-15-8-3-2-4-9-15/h2-6,8-10,12,17H,7,11,13-14H2,1H3,(H,21,23). The Balaban J connectivity index is 1.58. The number of carbonyl (C=O) groups is 2. The van der Waals surface area contributed by atoms with Gasteiger partial charge in [0.15, 0.2) is 12.4 Å². The Morgan fingerprint density at radius 1 is 1.10 bits per heavy atom. The summed E-state index contributed by atoms with van der Waals surface area (Å²) in [7, 11) is -3.50. The lowest BCUT2D eigenvalue weighted by molar-refractivity contribution is -0.150. The number of para-hydroxylation sites is 3. The molecule has 1 N–H and O–H groups in total. The van der Waals surface area contributed by atoms with E-state index in [2.05, 4.69) is 5.32 Å². The maximum absolute atomic E-state index is 12.2. The second-order valence-electron chi connectivity index (χ2n) is 6.60. The molecule has 0 aromatic heterocycles. The molecule has 0 aliphatic carbocycles. The highest BCUT2D eigenvalue weighted by Gasteiger charge is 2.37. The van der Waals surface area contributed by atoms with Gasteiger partial charge < -0.3 is 14.8 Å². The highest BCUT2D eigenvalue weighted by atomic mass is 32.2. The first-order valence-corrected chi connectivity index (χ1v) is 10.9. The van der Waals surface area contributed by atoms with Gasteiger partial charge in [-0.05, 0) is 37.1 Å². The Kier molecular flexibility index (Phi) is 6.50. The number of benzene rings is 2. The van der Waals surface area contributed by atoms with Crippen molar-refractivity contribution in [3.8, 4) is 11.5 Å². The van der Waals surface area contributed by atoms with Crippen LogP contribution in [0.2, 0.25) is 0 Å². The van der Waals surface area contributed by atoms with Gasteiger partial charge in [-0.3, -0.25) is 9.59 Å². The lowest BCUT2D eigenvalue weighted by Crippen LogP contribution is -2.41.